The van der Waals surface area contributed by atoms with Gasteiger partial charge in [-0.15, -0.1) is 0 Å². The molecular weight excluding hydrogens is 314 g/mol. The number of carbonyl (C=O) groups is 1. The number of aromatic amines is 1. The summed E-state index contributed by atoms with van der Waals surface area (Å²) in [4.78, 5) is 18.2. The zero-order valence-corrected chi connectivity index (χ0v) is 14.4. The maximum Gasteiger partial charge on any atom is 0.268 e. The summed E-state index contributed by atoms with van der Waals surface area (Å²) in [7, 11) is 0. The number of hydrogen-bond donors (Lipinski definition) is 2. The number of rotatable bonds is 5. The molecular formula is C20H23N3O2. The Morgan fingerprint density at radius 1 is 1.32 bits per heavy atom. The first-order valence-electron chi connectivity index (χ1n) is 8.81. The number of aromatic nitrogens is 1. The van der Waals surface area contributed by atoms with Crippen LogP contribution in [-0.2, 0) is 6.54 Å². The van der Waals surface area contributed by atoms with Crippen LogP contribution in [0.5, 0.6) is 0 Å². The number of fused-ring (bicyclic) bond motifs is 1. The van der Waals surface area contributed by atoms with Gasteiger partial charge in [-0.2, -0.15) is 0 Å². The van der Waals surface area contributed by atoms with E-state index in [9.17, 15) is 4.79 Å². The number of likely N-dealkylation sites (tertiary alicyclic amines) is 1. The monoisotopic (exact) mass is 337 g/mol. The fourth-order valence-corrected chi connectivity index (χ4v) is 3.68. The van der Waals surface area contributed by atoms with Crippen LogP contribution in [0.3, 0.4) is 0 Å². The van der Waals surface area contributed by atoms with Crippen LogP contribution in [0.4, 0.5) is 0 Å². The van der Waals surface area contributed by atoms with E-state index in [1.165, 1.54) is 0 Å². The van der Waals surface area contributed by atoms with Crippen molar-refractivity contribution in [3.8, 4) is 0 Å². The van der Waals surface area contributed by atoms with E-state index in [1.807, 2.05) is 43.3 Å². The van der Waals surface area contributed by atoms with E-state index in [2.05, 4.69) is 15.2 Å². The zero-order valence-electron chi connectivity index (χ0n) is 14.4. The van der Waals surface area contributed by atoms with Gasteiger partial charge in [-0.05, 0) is 49.6 Å². The fourth-order valence-electron chi connectivity index (χ4n) is 3.68. The number of para-hydroxylation sites is 1. The molecule has 3 aromatic rings. The first-order chi connectivity index (χ1) is 12.2. The normalized spacial score (nSPS) is 18.0. The highest BCUT2D eigenvalue weighted by molar-refractivity contribution is 6.00. The molecule has 1 aliphatic rings. The van der Waals surface area contributed by atoms with Crippen molar-refractivity contribution in [1.82, 2.24) is 15.2 Å². The topological polar surface area (TPSA) is 61.3 Å². The molecule has 2 N–H and O–H groups in total. The second kappa shape index (κ2) is 6.76. The lowest BCUT2D eigenvalue weighted by Crippen LogP contribution is -2.31. The van der Waals surface area contributed by atoms with Gasteiger partial charge in [0.2, 0.25) is 0 Å². The molecule has 1 aromatic carbocycles. The number of nitrogens with zero attached hydrogens (tertiary/aromatic N) is 1. The molecule has 1 amide bonds. The van der Waals surface area contributed by atoms with E-state index in [0.717, 1.165) is 48.3 Å². The lowest BCUT2D eigenvalue weighted by Gasteiger charge is -2.15. The molecule has 25 heavy (non-hydrogen) atoms. The van der Waals surface area contributed by atoms with Crippen LogP contribution < -0.4 is 5.32 Å². The van der Waals surface area contributed by atoms with Crippen LogP contribution in [-0.4, -0.2) is 35.4 Å². The third kappa shape index (κ3) is 3.33. The summed E-state index contributed by atoms with van der Waals surface area (Å²) >= 11 is 0. The fraction of sp³-hybridized carbons (Fsp3) is 0.350. The summed E-state index contributed by atoms with van der Waals surface area (Å²) in [6.45, 7) is 5.59. The highest BCUT2D eigenvalue weighted by atomic mass is 16.3. The second-order valence-electron chi connectivity index (χ2n) is 6.85. The molecule has 1 fully saturated rings. The SMILES string of the molecule is Cc1c(C(=O)NC[C@@H]2CCN(Cc3ccco3)C2)[nH]c2ccccc12. The van der Waals surface area contributed by atoms with Crippen LogP contribution in [0.15, 0.2) is 47.1 Å². The van der Waals surface area contributed by atoms with Gasteiger partial charge in [-0.3, -0.25) is 9.69 Å². The van der Waals surface area contributed by atoms with E-state index in [-0.39, 0.29) is 5.91 Å². The number of furan rings is 1. The molecule has 0 radical (unpaired) electrons. The third-order valence-corrected chi connectivity index (χ3v) is 5.07. The van der Waals surface area contributed by atoms with E-state index in [0.29, 0.717) is 18.2 Å². The van der Waals surface area contributed by atoms with Crippen molar-refractivity contribution >= 4 is 16.8 Å². The zero-order chi connectivity index (χ0) is 17.2. The van der Waals surface area contributed by atoms with Crippen LogP contribution >= 0.6 is 0 Å². The Morgan fingerprint density at radius 2 is 2.20 bits per heavy atom. The predicted molar refractivity (Wildman–Crippen MR) is 97.5 cm³/mol. The number of benzene rings is 1. The number of carbonyl (C=O) groups excluding carboxylic acids is 1. The van der Waals surface area contributed by atoms with E-state index in [1.54, 1.807) is 6.26 Å². The Hall–Kier alpha value is -2.53. The first kappa shape index (κ1) is 16.0. The van der Waals surface area contributed by atoms with Gasteiger partial charge in [0.25, 0.3) is 5.91 Å². The summed E-state index contributed by atoms with van der Waals surface area (Å²) in [6, 6.07) is 12.0. The smallest absolute Gasteiger partial charge is 0.268 e. The predicted octanol–water partition coefficient (Wildman–Crippen LogP) is 3.32. The standard InChI is InChI=1S/C20H23N3O2/c1-14-17-6-2-3-7-18(17)22-19(14)20(24)21-11-15-8-9-23(12-15)13-16-5-4-10-25-16/h2-7,10,15,22H,8-9,11-13H2,1H3,(H,21,24)/t15-/m0/s1. The van der Waals surface area contributed by atoms with Gasteiger partial charge in [0, 0.05) is 24.0 Å². The van der Waals surface area contributed by atoms with Gasteiger partial charge in [-0.1, -0.05) is 18.2 Å². The maximum absolute atomic E-state index is 12.6. The Bertz CT molecular complexity index is 866. The minimum atomic E-state index is -0.0156. The van der Waals surface area contributed by atoms with Gasteiger partial charge in [0.15, 0.2) is 0 Å². The van der Waals surface area contributed by atoms with Crippen LogP contribution in [0.25, 0.3) is 10.9 Å². The Morgan fingerprint density at radius 3 is 3.00 bits per heavy atom. The molecule has 1 aliphatic heterocycles. The molecule has 5 heteroatoms. The van der Waals surface area contributed by atoms with Crippen LogP contribution in [0.1, 0.15) is 28.2 Å². The van der Waals surface area contributed by atoms with Crippen molar-refractivity contribution in [2.75, 3.05) is 19.6 Å². The molecule has 1 saturated heterocycles. The summed E-state index contributed by atoms with van der Waals surface area (Å²) in [5, 5.41) is 4.21. The highest BCUT2D eigenvalue weighted by Crippen LogP contribution is 2.22. The molecule has 0 saturated carbocycles. The average Bonchev–Trinajstić information content (AvgIpc) is 3.35. The molecule has 1 atom stereocenters. The van der Waals surface area contributed by atoms with Crippen molar-refractivity contribution in [3.05, 3.63) is 59.7 Å². The molecule has 5 nitrogen and oxygen atoms in total. The van der Waals surface area contributed by atoms with Crippen molar-refractivity contribution in [1.29, 1.82) is 0 Å². The molecule has 130 valence electrons. The quantitative estimate of drug-likeness (QED) is 0.751. The van der Waals surface area contributed by atoms with Gasteiger partial charge in [0.1, 0.15) is 11.5 Å². The Kier molecular flexibility index (Phi) is 4.32. The van der Waals surface area contributed by atoms with Crippen molar-refractivity contribution in [2.24, 2.45) is 5.92 Å². The molecule has 0 bridgehead atoms. The maximum atomic E-state index is 12.6. The minimum Gasteiger partial charge on any atom is -0.468 e. The van der Waals surface area contributed by atoms with Crippen molar-refractivity contribution in [3.63, 3.8) is 0 Å². The van der Waals surface area contributed by atoms with Gasteiger partial charge in [-0.25, -0.2) is 0 Å². The molecule has 0 spiro atoms. The molecule has 3 heterocycles. The van der Waals surface area contributed by atoms with Gasteiger partial charge >= 0.3 is 0 Å². The molecule has 0 aliphatic carbocycles. The average molecular weight is 337 g/mol. The first-order valence-corrected chi connectivity index (χ1v) is 8.81. The largest absolute Gasteiger partial charge is 0.468 e. The van der Waals surface area contributed by atoms with Crippen molar-refractivity contribution < 1.29 is 9.21 Å². The van der Waals surface area contributed by atoms with Crippen LogP contribution in [0.2, 0.25) is 0 Å². The number of H-pyrrole nitrogens is 1. The lowest BCUT2D eigenvalue weighted by atomic mass is 10.1. The number of aryl methyl sites for hydroxylation is 1. The van der Waals surface area contributed by atoms with Crippen molar-refractivity contribution in [2.45, 2.75) is 19.9 Å². The molecule has 2 aromatic heterocycles. The van der Waals surface area contributed by atoms with Gasteiger partial charge < -0.3 is 14.7 Å². The minimum absolute atomic E-state index is 0.0156. The third-order valence-electron chi connectivity index (χ3n) is 5.07. The highest BCUT2D eigenvalue weighted by Gasteiger charge is 2.24. The second-order valence-corrected chi connectivity index (χ2v) is 6.85. The molecule has 0 unspecified atom stereocenters. The molecule has 4 rings (SSSR count). The Balaban J connectivity index is 1.33. The summed E-state index contributed by atoms with van der Waals surface area (Å²) in [6.07, 6.45) is 2.82. The summed E-state index contributed by atoms with van der Waals surface area (Å²) in [5.74, 6) is 1.47. The number of nitrogens with one attached hydrogen (secondary N) is 2. The van der Waals surface area contributed by atoms with Crippen LogP contribution in [0, 0.1) is 12.8 Å². The summed E-state index contributed by atoms with van der Waals surface area (Å²) in [5.41, 5.74) is 2.70. The van der Waals surface area contributed by atoms with Gasteiger partial charge in [0.05, 0.1) is 12.8 Å². The van der Waals surface area contributed by atoms with E-state index < -0.39 is 0 Å². The lowest BCUT2D eigenvalue weighted by molar-refractivity contribution is 0.0942. The summed E-state index contributed by atoms with van der Waals surface area (Å²) < 4.78 is 5.41. The number of amides is 1. The van der Waals surface area contributed by atoms with E-state index >= 15 is 0 Å². The number of hydrogen-bond acceptors (Lipinski definition) is 3. The Labute approximate surface area is 147 Å². The van der Waals surface area contributed by atoms with E-state index in [4.69, 9.17) is 4.42 Å².